The Hall–Kier alpha value is -4.25. The van der Waals surface area contributed by atoms with Crippen molar-refractivity contribution in [2.24, 2.45) is 10.2 Å². The predicted molar refractivity (Wildman–Crippen MR) is 103 cm³/mol. The maximum Gasteiger partial charge on any atom is 0.188 e. The summed E-state index contributed by atoms with van der Waals surface area (Å²) in [5, 5.41) is 22.1. The first-order valence-electron chi connectivity index (χ1n) is 8.09. The Labute approximate surface area is 154 Å². The van der Waals surface area contributed by atoms with Crippen LogP contribution in [0.4, 0.5) is 23.0 Å². The van der Waals surface area contributed by atoms with E-state index in [9.17, 15) is 5.26 Å². The summed E-state index contributed by atoms with van der Waals surface area (Å²) >= 11 is 0. The molecule has 8 nitrogen and oxygen atoms in total. The summed E-state index contributed by atoms with van der Waals surface area (Å²) in [5.41, 5.74) is 14.9. The number of aromatic nitrogens is 3. The van der Waals surface area contributed by atoms with Crippen LogP contribution in [0.15, 0.2) is 70.9 Å². The molecule has 4 N–H and O–H groups in total. The molecular weight excluding hydrogens is 340 g/mol. The highest BCUT2D eigenvalue weighted by molar-refractivity contribution is 5.82. The molecule has 8 heteroatoms. The van der Waals surface area contributed by atoms with Crippen LogP contribution in [0.1, 0.15) is 5.56 Å². The molecule has 4 aromatic rings. The summed E-state index contributed by atoms with van der Waals surface area (Å²) in [6, 6.07) is 20.6. The summed E-state index contributed by atoms with van der Waals surface area (Å²) in [6.45, 7) is 0. The van der Waals surface area contributed by atoms with Crippen molar-refractivity contribution in [3.8, 4) is 17.3 Å². The summed E-state index contributed by atoms with van der Waals surface area (Å²) in [6.07, 6.45) is 0. The van der Waals surface area contributed by atoms with Gasteiger partial charge in [0.15, 0.2) is 17.2 Å². The van der Waals surface area contributed by atoms with Gasteiger partial charge in [0.1, 0.15) is 17.5 Å². The van der Waals surface area contributed by atoms with Crippen LogP contribution in [0.3, 0.4) is 0 Å². The molecule has 0 atom stereocenters. The van der Waals surface area contributed by atoms with Gasteiger partial charge in [-0.2, -0.15) is 14.9 Å². The van der Waals surface area contributed by atoms with Crippen LogP contribution in [0.5, 0.6) is 0 Å². The number of hydrogen-bond donors (Lipinski definition) is 2. The zero-order chi connectivity index (χ0) is 18.8. The third-order valence-corrected chi connectivity index (χ3v) is 3.98. The van der Waals surface area contributed by atoms with Crippen LogP contribution in [0, 0.1) is 11.3 Å². The maximum absolute atomic E-state index is 9.56. The normalized spacial score (nSPS) is 11.1. The van der Waals surface area contributed by atoms with Crippen LogP contribution in [0.25, 0.3) is 16.9 Å². The number of nitriles is 1. The summed E-state index contributed by atoms with van der Waals surface area (Å²) in [5.74, 6) is 0.275. The Morgan fingerprint density at radius 1 is 0.926 bits per heavy atom. The van der Waals surface area contributed by atoms with E-state index in [1.807, 2.05) is 60.7 Å². The Kier molecular flexibility index (Phi) is 3.95. The van der Waals surface area contributed by atoms with Crippen molar-refractivity contribution in [3.63, 3.8) is 0 Å². The SMILES string of the molecule is N#Cc1c(-c2ccccc2)nc2c(N=Nc3ccccc3)c(N)nn2c1N. The minimum atomic E-state index is 0.128. The molecule has 0 saturated heterocycles. The van der Waals surface area contributed by atoms with Gasteiger partial charge < -0.3 is 11.5 Å². The Balaban J connectivity index is 1.94. The lowest BCUT2D eigenvalue weighted by Gasteiger charge is -2.07. The van der Waals surface area contributed by atoms with Gasteiger partial charge >= 0.3 is 0 Å². The van der Waals surface area contributed by atoms with Crippen molar-refractivity contribution in [2.45, 2.75) is 0 Å². The first-order valence-corrected chi connectivity index (χ1v) is 8.09. The van der Waals surface area contributed by atoms with E-state index in [0.717, 1.165) is 5.56 Å². The van der Waals surface area contributed by atoms with E-state index < -0.39 is 0 Å². The lowest BCUT2D eigenvalue weighted by Crippen LogP contribution is -2.06. The van der Waals surface area contributed by atoms with Gasteiger partial charge in [-0.3, -0.25) is 0 Å². The average Bonchev–Trinajstić information content (AvgIpc) is 3.03. The molecule has 0 fully saturated rings. The predicted octanol–water partition coefficient (Wildman–Crippen LogP) is 3.85. The van der Waals surface area contributed by atoms with Crippen LogP contribution >= 0.6 is 0 Å². The molecule has 0 amide bonds. The van der Waals surface area contributed by atoms with Crippen molar-refractivity contribution < 1.29 is 0 Å². The van der Waals surface area contributed by atoms with Gasteiger partial charge in [0.05, 0.1) is 11.4 Å². The minimum absolute atomic E-state index is 0.128. The van der Waals surface area contributed by atoms with Gasteiger partial charge in [0.2, 0.25) is 0 Å². The number of hydrogen-bond acceptors (Lipinski definition) is 7. The summed E-state index contributed by atoms with van der Waals surface area (Å²) in [4.78, 5) is 4.57. The molecule has 130 valence electrons. The molecule has 2 aromatic carbocycles. The van der Waals surface area contributed by atoms with Crippen LogP contribution < -0.4 is 11.5 Å². The van der Waals surface area contributed by atoms with Gasteiger partial charge in [-0.05, 0) is 12.1 Å². The van der Waals surface area contributed by atoms with Crippen LogP contribution in [0.2, 0.25) is 0 Å². The number of anilines is 2. The van der Waals surface area contributed by atoms with Crippen molar-refractivity contribution in [1.29, 1.82) is 5.26 Å². The van der Waals surface area contributed by atoms with E-state index in [1.54, 1.807) is 0 Å². The molecule has 0 aliphatic rings. The maximum atomic E-state index is 9.56. The Morgan fingerprint density at radius 2 is 1.59 bits per heavy atom. The molecule has 2 aromatic heterocycles. The second-order valence-corrected chi connectivity index (χ2v) is 5.70. The molecule has 0 saturated carbocycles. The highest BCUT2D eigenvalue weighted by atomic mass is 15.3. The monoisotopic (exact) mass is 354 g/mol. The van der Waals surface area contributed by atoms with Crippen LogP contribution in [-0.4, -0.2) is 14.6 Å². The van der Waals surface area contributed by atoms with E-state index in [0.29, 0.717) is 22.7 Å². The third-order valence-electron chi connectivity index (χ3n) is 3.98. The molecular formula is C19H14N8. The smallest absolute Gasteiger partial charge is 0.188 e. The number of nitrogen functional groups attached to an aromatic ring is 2. The largest absolute Gasteiger partial charge is 0.382 e. The zero-order valence-corrected chi connectivity index (χ0v) is 14.1. The van der Waals surface area contributed by atoms with E-state index >= 15 is 0 Å². The van der Waals surface area contributed by atoms with Gasteiger partial charge in [-0.1, -0.05) is 48.5 Å². The van der Waals surface area contributed by atoms with Gasteiger partial charge in [0.25, 0.3) is 0 Å². The molecule has 2 heterocycles. The fourth-order valence-corrected chi connectivity index (χ4v) is 2.69. The molecule has 0 bridgehead atoms. The molecule has 0 aliphatic heterocycles. The van der Waals surface area contributed by atoms with E-state index in [1.165, 1.54) is 4.52 Å². The number of nitrogens with zero attached hydrogens (tertiary/aromatic N) is 6. The molecule has 27 heavy (non-hydrogen) atoms. The van der Waals surface area contributed by atoms with Crippen molar-refractivity contribution in [3.05, 3.63) is 66.2 Å². The van der Waals surface area contributed by atoms with Gasteiger partial charge in [-0.15, -0.1) is 10.2 Å². The van der Waals surface area contributed by atoms with Gasteiger partial charge in [-0.25, -0.2) is 4.98 Å². The number of fused-ring (bicyclic) bond motifs is 1. The lowest BCUT2D eigenvalue weighted by atomic mass is 10.1. The average molecular weight is 354 g/mol. The first-order chi connectivity index (χ1) is 13.2. The number of rotatable bonds is 3. The highest BCUT2D eigenvalue weighted by Gasteiger charge is 2.20. The third kappa shape index (κ3) is 2.83. The quantitative estimate of drug-likeness (QED) is 0.539. The summed E-state index contributed by atoms with van der Waals surface area (Å²) < 4.78 is 1.32. The lowest BCUT2D eigenvalue weighted by molar-refractivity contribution is 0.955. The first kappa shape index (κ1) is 16.2. The van der Waals surface area contributed by atoms with Crippen molar-refractivity contribution >= 4 is 28.7 Å². The minimum Gasteiger partial charge on any atom is -0.382 e. The molecule has 0 unspecified atom stereocenters. The second kappa shape index (κ2) is 6.57. The van der Waals surface area contributed by atoms with E-state index in [2.05, 4.69) is 26.4 Å². The molecule has 0 aliphatic carbocycles. The molecule has 0 radical (unpaired) electrons. The zero-order valence-electron chi connectivity index (χ0n) is 14.1. The highest BCUT2D eigenvalue weighted by Crippen LogP contribution is 2.34. The van der Waals surface area contributed by atoms with E-state index in [-0.39, 0.29) is 17.2 Å². The standard InChI is InChI=1S/C19H14N8/c20-11-14-15(12-7-3-1-4-8-12)23-19-16(17(21)26-27(19)18(14)22)25-24-13-9-5-2-6-10-13/h1-10H,22H2,(H2,21,26). The fourth-order valence-electron chi connectivity index (χ4n) is 2.69. The second-order valence-electron chi connectivity index (χ2n) is 5.70. The van der Waals surface area contributed by atoms with Crippen molar-refractivity contribution in [1.82, 2.24) is 14.6 Å². The van der Waals surface area contributed by atoms with Gasteiger partial charge in [0, 0.05) is 5.56 Å². The number of azo groups is 1. The Bertz CT molecular complexity index is 1190. The topological polar surface area (TPSA) is 131 Å². The van der Waals surface area contributed by atoms with E-state index in [4.69, 9.17) is 11.5 Å². The number of nitrogens with two attached hydrogens (primary N) is 2. The van der Waals surface area contributed by atoms with Crippen molar-refractivity contribution in [2.75, 3.05) is 11.5 Å². The Morgan fingerprint density at radius 3 is 2.26 bits per heavy atom. The number of benzene rings is 2. The van der Waals surface area contributed by atoms with Crippen LogP contribution in [-0.2, 0) is 0 Å². The molecule has 0 spiro atoms. The molecule has 4 rings (SSSR count). The summed E-state index contributed by atoms with van der Waals surface area (Å²) in [7, 11) is 0. The fraction of sp³-hybridized carbons (Fsp3) is 0.